The number of amides is 2. The maximum absolute atomic E-state index is 11.8. The van der Waals surface area contributed by atoms with Crippen LogP contribution >= 0.6 is 0 Å². The SMILES string of the molecule is NCc1cccc(C(=O)ON2C(=O)CCC2=O)c1. The molecule has 1 aliphatic heterocycles. The van der Waals surface area contributed by atoms with E-state index < -0.39 is 17.8 Å². The Bertz CT molecular complexity index is 497. The van der Waals surface area contributed by atoms with E-state index in [-0.39, 0.29) is 18.4 Å². The monoisotopic (exact) mass is 248 g/mol. The van der Waals surface area contributed by atoms with E-state index in [1.807, 2.05) is 0 Å². The Morgan fingerprint density at radius 3 is 2.56 bits per heavy atom. The third kappa shape index (κ3) is 2.38. The number of hydroxylamine groups is 2. The minimum absolute atomic E-state index is 0.0783. The molecule has 94 valence electrons. The molecule has 0 bridgehead atoms. The highest BCUT2D eigenvalue weighted by Crippen LogP contribution is 2.14. The van der Waals surface area contributed by atoms with Gasteiger partial charge in [-0.25, -0.2) is 4.79 Å². The van der Waals surface area contributed by atoms with Crippen LogP contribution in [0.25, 0.3) is 0 Å². The number of carbonyl (C=O) groups excluding carboxylic acids is 3. The highest BCUT2D eigenvalue weighted by atomic mass is 16.7. The van der Waals surface area contributed by atoms with Crippen molar-refractivity contribution < 1.29 is 19.2 Å². The molecule has 1 saturated heterocycles. The van der Waals surface area contributed by atoms with Crippen LogP contribution in [0.1, 0.15) is 28.8 Å². The van der Waals surface area contributed by atoms with Crippen LogP contribution in [0.3, 0.4) is 0 Å². The van der Waals surface area contributed by atoms with Crippen molar-refractivity contribution in [2.45, 2.75) is 19.4 Å². The summed E-state index contributed by atoms with van der Waals surface area (Å²) < 4.78 is 0. The molecule has 0 atom stereocenters. The molecule has 18 heavy (non-hydrogen) atoms. The zero-order chi connectivity index (χ0) is 13.1. The van der Waals surface area contributed by atoms with E-state index in [1.54, 1.807) is 18.2 Å². The molecule has 0 saturated carbocycles. The van der Waals surface area contributed by atoms with Crippen LogP contribution in [0.2, 0.25) is 0 Å². The van der Waals surface area contributed by atoms with E-state index in [2.05, 4.69) is 0 Å². The number of rotatable bonds is 3. The van der Waals surface area contributed by atoms with Gasteiger partial charge in [-0.2, -0.15) is 0 Å². The van der Waals surface area contributed by atoms with E-state index in [0.29, 0.717) is 11.6 Å². The summed E-state index contributed by atoms with van der Waals surface area (Å²) in [5, 5.41) is 0.525. The Balaban J connectivity index is 2.12. The number of nitrogens with zero attached hydrogens (tertiary/aromatic N) is 1. The largest absolute Gasteiger partial charge is 0.363 e. The normalized spacial score (nSPS) is 15.1. The Kier molecular flexibility index (Phi) is 3.38. The lowest BCUT2D eigenvalue weighted by Crippen LogP contribution is -2.32. The predicted molar refractivity (Wildman–Crippen MR) is 60.8 cm³/mol. The molecule has 6 heteroatoms. The van der Waals surface area contributed by atoms with Crippen molar-refractivity contribution in [3.8, 4) is 0 Å². The molecule has 1 aromatic carbocycles. The second kappa shape index (κ2) is 4.97. The Morgan fingerprint density at radius 2 is 1.94 bits per heavy atom. The van der Waals surface area contributed by atoms with E-state index in [4.69, 9.17) is 10.6 Å². The molecule has 2 N–H and O–H groups in total. The summed E-state index contributed by atoms with van der Waals surface area (Å²) in [5.74, 6) is -1.74. The summed E-state index contributed by atoms with van der Waals surface area (Å²) in [4.78, 5) is 39.1. The van der Waals surface area contributed by atoms with Gasteiger partial charge >= 0.3 is 5.97 Å². The van der Waals surface area contributed by atoms with Crippen LogP contribution in [-0.2, 0) is 21.0 Å². The molecule has 1 heterocycles. The molecule has 2 rings (SSSR count). The van der Waals surface area contributed by atoms with Gasteiger partial charge in [0.2, 0.25) is 0 Å². The van der Waals surface area contributed by atoms with Gasteiger partial charge in [0.15, 0.2) is 0 Å². The van der Waals surface area contributed by atoms with Gasteiger partial charge in [-0.3, -0.25) is 9.59 Å². The first-order valence-corrected chi connectivity index (χ1v) is 5.49. The summed E-state index contributed by atoms with van der Waals surface area (Å²) >= 11 is 0. The second-order valence-corrected chi connectivity index (χ2v) is 3.87. The van der Waals surface area contributed by atoms with Crippen molar-refractivity contribution in [2.24, 2.45) is 5.73 Å². The first-order valence-electron chi connectivity index (χ1n) is 5.49. The molecule has 0 unspecified atom stereocenters. The predicted octanol–water partition coefficient (Wildman–Crippen LogP) is 0.366. The van der Waals surface area contributed by atoms with Crippen molar-refractivity contribution in [2.75, 3.05) is 0 Å². The van der Waals surface area contributed by atoms with Crippen LogP contribution in [0.5, 0.6) is 0 Å². The molecule has 1 aromatic rings. The lowest BCUT2D eigenvalue weighted by molar-refractivity contribution is -0.172. The molecule has 1 aliphatic rings. The van der Waals surface area contributed by atoms with Gasteiger partial charge in [-0.1, -0.05) is 12.1 Å². The molecule has 2 amide bonds. The lowest BCUT2D eigenvalue weighted by Gasteiger charge is -2.12. The molecule has 1 fully saturated rings. The van der Waals surface area contributed by atoms with Gasteiger partial charge in [0, 0.05) is 19.4 Å². The number of hydrogen-bond acceptors (Lipinski definition) is 5. The first-order chi connectivity index (χ1) is 8.61. The Labute approximate surface area is 103 Å². The summed E-state index contributed by atoms with van der Waals surface area (Å²) in [6, 6.07) is 6.52. The molecule has 0 aliphatic carbocycles. The lowest BCUT2D eigenvalue weighted by atomic mass is 10.1. The van der Waals surface area contributed by atoms with E-state index >= 15 is 0 Å². The number of imide groups is 1. The van der Waals surface area contributed by atoms with Crippen LogP contribution in [0.4, 0.5) is 0 Å². The summed E-state index contributed by atoms with van der Waals surface area (Å²) in [6.07, 6.45) is 0.157. The van der Waals surface area contributed by atoms with E-state index in [0.717, 1.165) is 5.56 Å². The molecule has 0 aromatic heterocycles. The second-order valence-electron chi connectivity index (χ2n) is 3.87. The molecule has 6 nitrogen and oxygen atoms in total. The van der Waals surface area contributed by atoms with Gasteiger partial charge in [-0.05, 0) is 17.7 Å². The van der Waals surface area contributed by atoms with Crippen LogP contribution in [0.15, 0.2) is 24.3 Å². The summed E-state index contributed by atoms with van der Waals surface area (Å²) in [6.45, 7) is 0.294. The number of benzene rings is 1. The quantitative estimate of drug-likeness (QED) is 0.780. The first kappa shape index (κ1) is 12.3. The highest BCUT2D eigenvalue weighted by molar-refractivity contribution is 6.02. The average Bonchev–Trinajstić information content (AvgIpc) is 2.70. The zero-order valence-electron chi connectivity index (χ0n) is 9.59. The fraction of sp³-hybridized carbons (Fsp3) is 0.250. The van der Waals surface area contributed by atoms with Gasteiger partial charge in [0.25, 0.3) is 11.8 Å². The molecular weight excluding hydrogens is 236 g/mol. The fourth-order valence-electron chi connectivity index (χ4n) is 1.62. The summed E-state index contributed by atoms with van der Waals surface area (Å²) in [7, 11) is 0. The molecule has 0 spiro atoms. The van der Waals surface area contributed by atoms with E-state index in [1.165, 1.54) is 6.07 Å². The Morgan fingerprint density at radius 1 is 1.28 bits per heavy atom. The van der Waals surface area contributed by atoms with E-state index in [9.17, 15) is 14.4 Å². The van der Waals surface area contributed by atoms with Crippen molar-refractivity contribution in [1.29, 1.82) is 0 Å². The number of nitrogens with two attached hydrogens (primary N) is 1. The number of hydrogen-bond donors (Lipinski definition) is 1. The maximum Gasteiger partial charge on any atom is 0.363 e. The minimum atomic E-state index is -0.742. The zero-order valence-corrected chi connectivity index (χ0v) is 9.59. The van der Waals surface area contributed by atoms with Gasteiger partial charge in [-0.15, -0.1) is 5.06 Å². The summed E-state index contributed by atoms with van der Waals surface area (Å²) in [5.41, 5.74) is 6.48. The van der Waals surface area contributed by atoms with Crippen molar-refractivity contribution in [3.05, 3.63) is 35.4 Å². The van der Waals surface area contributed by atoms with Crippen LogP contribution in [0, 0.1) is 0 Å². The highest BCUT2D eigenvalue weighted by Gasteiger charge is 2.33. The van der Waals surface area contributed by atoms with Gasteiger partial charge in [0.05, 0.1) is 5.56 Å². The van der Waals surface area contributed by atoms with Crippen LogP contribution in [-0.4, -0.2) is 22.8 Å². The molecular formula is C12H12N2O4. The maximum atomic E-state index is 11.8. The van der Waals surface area contributed by atoms with Crippen molar-refractivity contribution in [1.82, 2.24) is 5.06 Å². The Hall–Kier alpha value is -2.21. The minimum Gasteiger partial charge on any atom is -0.326 e. The topological polar surface area (TPSA) is 89.7 Å². The third-order valence-electron chi connectivity index (χ3n) is 2.58. The standard InChI is InChI=1S/C12H12N2O4/c13-7-8-2-1-3-9(6-8)12(17)18-14-10(15)4-5-11(14)16/h1-3,6H,4-5,7,13H2. The smallest absolute Gasteiger partial charge is 0.326 e. The average molecular weight is 248 g/mol. The number of carbonyl (C=O) groups is 3. The molecule has 0 radical (unpaired) electrons. The van der Waals surface area contributed by atoms with Gasteiger partial charge in [0.1, 0.15) is 0 Å². The van der Waals surface area contributed by atoms with Gasteiger partial charge < -0.3 is 10.6 Å². The fourth-order valence-corrected chi connectivity index (χ4v) is 1.62. The van der Waals surface area contributed by atoms with Crippen molar-refractivity contribution in [3.63, 3.8) is 0 Å². The third-order valence-corrected chi connectivity index (χ3v) is 2.58. The van der Waals surface area contributed by atoms with Crippen LogP contribution < -0.4 is 5.73 Å². The van der Waals surface area contributed by atoms with Crippen molar-refractivity contribution >= 4 is 17.8 Å².